The standard InChI is InChI=1S/C16H34N4O2S.HI/c1-5-9-16(3)10-7-13-20(14-16)15(17-6-2)18-11-8-12-19-23(4,21)22;/h19H,5-14H2,1-4H3,(H,17,18);1H. The molecule has 0 saturated carbocycles. The van der Waals surface area contributed by atoms with Gasteiger partial charge in [-0.15, -0.1) is 24.0 Å². The molecule has 0 aromatic carbocycles. The van der Waals surface area contributed by atoms with Crippen LogP contribution in [0.4, 0.5) is 0 Å². The predicted octanol–water partition coefficient (Wildman–Crippen LogP) is 2.41. The zero-order valence-electron chi connectivity index (χ0n) is 15.6. The molecule has 0 bridgehead atoms. The molecule has 0 amide bonds. The van der Waals surface area contributed by atoms with Gasteiger partial charge < -0.3 is 10.2 Å². The molecule has 144 valence electrons. The quantitative estimate of drug-likeness (QED) is 0.245. The number of halogens is 1. The van der Waals surface area contributed by atoms with Crippen LogP contribution in [0.2, 0.25) is 0 Å². The Morgan fingerprint density at radius 1 is 1.33 bits per heavy atom. The lowest BCUT2D eigenvalue weighted by Gasteiger charge is -2.42. The Bertz CT molecular complexity index is 480. The second-order valence-corrected chi connectivity index (χ2v) is 8.67. The largest absolute Gasteiger partial charge is 0.357 e. The van der Waals surface area contributed by atoms with E-state index >= 15 is 0 Å². The third-order valence-corrected chi connectivity index (χ3v) is 4.96. The van der Waals surface area contributed by atoms with E-state index in [0.29, 0.717) is 24.9 Å². The van der Waals surface area contributed by atoms with Crippen molar-refractivity contribution >= 4 is 40.0 Å². The first kappa shape index (κ1) is 23.9. The Morgan fingerprint density at radius 3 is 2.62 bits per heavy atom. The van der Waals surface area contributed by atoms with Gasteiger partial charge in [-0.1, -0.05) is 20.3 Å². The zero-order valence-corrected chi connectivity index (χ0v) is 18.7. The summed E-state index contributed by atoms with van der Waals surface area (Å²) < 4.78 is 24.6. The minimum absolute atomic E-state index is 0. The van der Waals surface area contributed by atoms with Gasteiger partial charge in [-0.2, -0.15) is 0 Å². The fourth-order valence-corrected chi connectivity index (χ4v) is 3.77. The molecule has 0 aliphatic carbocycles. The molecule has 0 spiro atoms. The summed E-state index contributed by atoms with van der Waals surface area (Å²) in [4.78, 5) is 7.05. The summed E-state index contributed by atoms with van der Waals surface area (Å²) >= 11 is 0. The van der Waals surface area contributed by atoms with Crippen LogP contribution < -0.4 is 10.0 Å². The number of nitrogens with zero attached hydrogens (tertiary/aromatic N) is 2. The van der Waals surface area contributed by atoms with Crippen molar-refractivity contribution in [3.63, 3.8) is 0 Å². The van der Waals surface area contributed by atoms with E-state index in [9.17, 15) is 8.42 Å². The number of piperidine rings is 1. The Kier molecular flexibility index (Phi) is 11.5. The van der Waals surface area contributed by atoms with Crippen molar-refractivity contribution in [1.29, 1.82) is 0 Å². The molecular weight excluding hydrogens is 439 g/mol. The molecule has 1 unspecified atom stereocenters. The molecule has 1 aliphatic heterocycles. The van der Waals surface area contributed by atoms with Gasteiger partial charge in [-0.3, -0.25) is 4.99 Å². The van der Waals surface area contributed by atoms with E-state index in [-0.39, 0.29) is 24.0 Å². The predicted molar refractivity (Wildman–Crippen MR) is 113 cm³/mol. The molecule has 1 aliphatic rings. The van der Waals surface area contributed by atoms with E-state index < -0.39 is 10.0 Å². The Morgan fingerprint density at radius 2 is 2.04 bits per heavy atom. The number of hydrogen-bond acceptors (Lipinski definition) is 3. The molecular formula is C16H35IN4O2S. The number of rotatable bonds is 8. The van der Waals surface area contributed by atoms with Gasteiger partial charge in [0.2, 0.25) is 10.0 Å². The van der Waals surface area contributed by atoms with Crippen LogP contribution in [0.15, 0.2) is 4.99 Å². The normalized spacial score (nSPS) is 22.2. The molecule has 0 radical (unpaired) electrons. The van der Waals surface area contributed by atoms with E-state index in [1.54, 1.807) is 0 Å². The van der Waals surface area contributed by atoms with Crippen molar-refractivity contribution in [2.24, 2.45) is 10.4 Å². The molecule has 1 fully saturated rings. The third-order valence-electron chi connectivity index (χ3n) is 4.23. The molecule has 1 atom stereocenters. The van der Waals surface area contributed by atoms with Crippen LogP contribution in [0.5, 0.6) is 0 Å². The average molecular weight is 474 g/mol. The number of aliphatic imine (C=N–C) groups is 1. The van der Waals surface area contributed by atoms with Gasteiger partial charge >= 0.3 is 0 Å². The number of nitrogens with one attached hydrogen (secondary N) is 2. The van der Waals surface area contributed by atoms with E-state index in [0.717, 1.165) is 25.6 Å². The Labute approximate surface area is 165 Å². The molecule has 1 heterocycles. The lowest BCUT2D eigenvalue weighted by molar-refractivity contribution is 0.142. The summed E-state index contributed by atoms with van der Waals surface area (Å²) in [6.45, 7) is 10.7. The van der Waals surface area contributed by atoms with Gasteiger partial charge in [0.25, 0.3) is 0 Å². The Balaban J connectivity index is 0.00000529. The highest BCUT2D eigenvalue weighted by atomic mass is 127. The van der Waals surface area contributed by atoms with Crippen molar-refractivity contribution in [2.75, 3.05) is 39.0 Å². The van der Waals surface area contributed by atoms with Crippen molar-refractivity contribution in [1.82, 2.24) is 14.9 Å². The lowest BCUT2D eigenvalue weighted by atomic mass is 9.78. The van der Waals surface area contributed by atoms with Crippen molar-refractivity contribution in [2.45, 2.75) is 52.9 Å². The maximum Gasteiger partial charge on any atom is 0.208 e. The maximum atomic E-state index is 11.0. The maximum absolute atomic E-state index is 11.0. The summed E-state index contributed by atoms with van der Waals surface area (Å²) in [7, 11) is -3.10. The van der Waals surface area contributed by atoms with Crippen molar-refractivity contribution < 1.29 is 8.42 Å². The first-order chi connectivity index (χ1) is 10.8. The molecule has 2 N–H and O–H groups in total. The summed E-state index contributed by atoms with van der Waals surface area (Å²) in [5.74, 6) is 0.967. The fraction of sp³-hybridized carbons (Fsp3) is 0.938. The van der Waals surface area contributed by atoms with E-state index in [2.05, 4.69) is 40.7 Å². The average Bonchev–Trinajstić information content (AvgIpc) is 2.44. The summed E-state index contributed by atoms with van der Waals surface area (Å²) in [6, 6.07) is 0. The highest BCUT2D eigenvalue weighted by molar-refractivity contribution is 14.0. The van der Waals surface area contributed by atoms with Gasteiger partial charge in [-0.25, -0.2) is 13.1 Å². The van der Waals surface area contributed by atoms with Crippen LogP contribution in [0.3, 0.4) is 0 Å². The SMILES string of the molecule is CCCC1(C)CCCN(C(=NCCCNS(C)(=O)=O)NCC)C1.I. The molecule has 24 heavy (non-hydrogen) atoms. The topological polar surface area (TPSA) is 73.8 Å². The molecule has 6 nitrogen and oxygen atoms in total. The molecule has 1 rings (SSSR count). The smallest absolute Gasteiger partial charge is 0.208 e. The van der Waals surface area contributed by atoms with E-state index in [4.69, 9.17) is 0 Å². The molecule has 1 saturated heterocycles. The number of guanidine groups is 1. The van der Waals surface area contributed by atoms with Crippen LogP contribution in [0, 0.1) is 5.41 Å². The van der Waals surface area contributed by atoms with Crippen LogP contribution in [0.25, 0.3) is 0 Å². The summed E-state index contributed by atoms with van der Waals surface area (Å²) in [6.07, 6.45) is 6.85. The minimum Gasteiger partial charge on any atom is -0.357 e. The Hall–Kier alpha value is -0.0900. The van der Waals surface area contributed by atoms with Gasteiger partial charge in [0, 0.05) is 32.7 Å². The van der Waals surface area contributed by atoms with Crippen LogP contribution in [-0.2, 0) is 10.0 Å². The molecule has 8 heteroatoms. The number of likely N-dealkylation sites (tertiary alicyclic amines) is 1. The van der Waals surface area contributed by atoms with Gasteiger partial charge in [0.05, 0.1) is 6.26 Å². The van der Waals surface area contributed by atoms with Gasteiger partial charge in [0.1, 0.15) is 0 Å². The van der Waals surface area contributed by atoms with E-state index in [1.165, 1.54) is 31.9 Å². The highest BCUT2D eigenvalue weighted by Crippen LogP contribution is 2.33. The van der Waals surface area contributed by atoms with Crippen molar-refractivity contribution in [3.8, 4) is 0 Å². The first-order valence-electron chi connectivity index (χ1n) is 8.77. The highest BCUT2D eigenvalue weighted by Gasteiger charge is 2.31. The lowest BCUT2D eigenvalue weighted by Crippen LogP contribution is -2.49. The van der Waals surface area contributed by atoms with Gasteiger partial charge in [-0.05, 0) is 38.0 Å². The minimum atomic E-state index is -3.10. The van der Waals surface area contributed by atoms with Crippen molar-refractivity contribution in [3.05, 3.63) is 0 Å². The molecule has 0 aromatic rings. The third kappa shape index (κ3) is 9.41. The summed E-state index contributed by atoms with van der Waals surface area (Å²) in [5, 5.41) is 3.38. The number of hydrogen-bond donors (Lipinski definition) is 2. The fourth-order valence-electron chi connectivity index (χ4n) is 3.25. The second-order valence-electron chi connectivity index (χ2n) is 6.84. The number of sulfonamides is 1. The second kappa shape index (κ2) is 11.5. The van der Waals surface area contributed by atoms with E-state index in [1.807, 2.05) is 0 Å². The van der Waals surface area contributed by atoms with Gasteiger partial charge in [0.15, 0.2) is 5.96 Å². The van der Waals surface area contributed by atoms with Crippen LogP contribution in [-0.4, -0.2) is 58.3 Å². The first-order valence-corrected chi connectivity index (χ1v) is 10.7. The molecule has 0 aromatic heterocycles. The monoisotopic (exact) mass is 474 g/mol. The van der Waals surface area contributed by atoms with Crippen LogP contribution in [0.1, 0.15) is 52.9 Å². The zero-order chi connectivity index (χ0) is 17.3. The summed E-state index contributed by atoms with van der Waals surface area (Å²) in [5.41, 5.74) is 0.376. The van der Waals surface area contributed by atoms with Crippen LogP contribution >= 0.6 is 24.0 Å².